The van der Waals surface area contributed by atoms with E-state index in [2.05, 4.69) is 5.32 Å². The highest BCUT2D eigenvalue weighted by Gasteiger charge is 2.15. The third kappa shape index (κ3) is 3.06. The number of benzene rings is 1. The highest BCUT2D eigenvalue weighted by Crippen LogP contribution is 2.27. The molecule has 0 bridgehead atoms. The molecule has 0 fully saturated rings. The minimum absolute atomic E-state index is 0.0300. The van der Waals surface area contributed by atoms with E-state index in [0.717, 1.165) is 0 Å². The average Bonchev–Trinajstić information content (AvgIpc) is 2.07. The SMILES string of the molecule is CNCc1cc(S(N)(=O)=O)c(Cl)cc1Cl. The van der Waals surface area contributed by atoms with Crippen molar-refractivity contribution in [2.24, 2.45) is 5.14 Å². The number of hydrogen-bond acceptors (Lipinski definition) is 3. The molecule has 0 aromatic heterocycles. The Kier molecular flexibility index (Phi) is 3.97. The topological polar surface area (TPSA) is 72.2 Å². The molecule has 0 saturated heterocycles. The lowest BCUT2D eigenvalue weighted by Crippen LogP contribution is -2.14. The summed E-state index contributed by atoms with van der Waals surface area (Å²) in [5.74, 6) is 0. The van der Waals surface area contributed by atoms with E-state index in [4.69, 9.17) is 28.3 Å². The lowest BCUT2D eigenvalue weighted by atomic mass is 10.2. The molecule has 84 valence electrons. The fourth-order valence-electron chi connectivity index (χ4n) is 1.12. The van der Waals surface area contributed by atoms with E-state index in [-0.39, 0.29) is 9.92 Å². The third-order valence-corrected chi connectivity index (χ3v) is 3.50. The maximum absolute atomic E-state index is 11.2. The van der Waals surface area contributed by atoms with Crippen molar-refractivity contribution in [2.45, 2.75) is 11.4 Å². The molecule has 0 saturated carbocycles. The molecular formula is C8H10Cl2N2O2S. The lowest BCUT2D eigenvalue weighted by molar-refractivity contribution is 0.597. The number of nitrogens with one attached hydrogen (secondary N) is 1. The summed E-state index contributed by atoms with van der Waals surface area (Å²) >= 11 is 11.6. The van der Waals surface area contributed by atoms with Crippen LogP contribution < -0.4 is 10.5 Å². The van der Waals surface area contributed by atoms with Gasteiger partial charge in [-0.1, -0.05) is 23.2 Å². The zero-order valence-electron chi connectivity index (χ0n) is 7.92. The average molecular weight is 269 g/mol. The Labute approximate surface area is 98.4 Å². The highest BCUT2D eigenvalue weighted by molar-refractivity contribution is 7.89. The van der Waals surface area contributed by atoms with Crippen molar-refractivity contribution < 1.29 is 8.42 Å². The molecule has 0 unspecified atom stereocenters. The van der Waals surface area contributed by atoms with Gasteiger partial charge in [0, 0.05) is 11.6 Å². The summed E-state index contributed by atoms with van der Waals surface area (Å²) in [5, 5.41) is 8.29. The fourth-order valence-corrected chi connectivity index (χ4v) is 2.53. The first-order chi connectivity index (χ1) is 6.86. The summed E-state index contributed by atoms with van der Waals surface area (Å²) in [6.45, 7) is 0.443. The molecule has 4 nitrogen and oxygen atoms in total. The molecule has 15 heavy (non-hydrogen) atoms. The molecule has 0 aliphatic heterocycles. The number of halogens is 2. The first kappa shape index (κ1) is 12.7. The van der Waals surface area contributed by atoms with Crippen molar-refractivity contribution in [1.82, 2.24) is 5.32 Å². The molecular weight excluding hydrogens is 259 g/mol. The molecule has 0 atom stereocenters. The predicted octanol–water partition coefficient (Wildman–Crippen LogP) is 1.36. The summed E-state index contributed by atoms with van der Waals surface area (Å²) in [7, 11) is -2.09. The van der Waals surface area contributed by atoms with Gasteiger partial charge in [0.05, 0.1) is 5.02 Å². The second-order valence-corrected chi connectivity index (χ2v) is 5.29. The van der Waals surface area contributed by atoms with Crippen LogP contribution >= 0.6 is 23.2 Å². The molecule has 0 amide bonds. The van der Waals surface area contributed by atoms with Crippen molar-refractivity contribution in [3.05, 3.63) is 27.7 Å². The van der Waals surface area contributed by atoms with Gasteiger partial charge < -0.3 is 5.32 Å². The molecule has 0 spiro atoms. The molecule has 0 aliphatic rings. The van der Waals surface area contributed by atoms with E-state index in [1.165, 1.54) is 12.1 Å². The maximum Gasteiger partial charge on any atom is 0.239 e. The second kappa shape index (κ2) is 4.67. The zero-order valence-corrected chi connectivity index (χ0v) is 10.2. The Morgan fingerprint density at radius 1 is 1.33 bits per heavy atom. The van der Waals surface area contributed by atoms with Gasteiger partial charge in [-0.15, -0.1) is 0 Å². The van der Waals surface area contributed by atoms with Gasteiger partial charge in [0.1, 0.15) is 4.90 Å². The maximum atomic E-state index is 11.2. The minimum Gasteiger partial charge on any atom is -0.316 e. The van der Waals surface area contributed by atoms with Crippen LogP contribution in [0.3, 0.4) is 0 Å². The quantitative estimate of drug-likeness (QED) is 0.870. The Morgan fingerprint density at radius 2 is 1.93 bits per heavy atom. The monoisotopic (exact) mass is 268 g/mol. The van der Waals surface area contributed by atoms with Gasteiger partial charge in [0.2, 0.25) is 10.0 Å². The molecule has 1 aromatic rings. The van der Waals surface area contributed by atoms with Crippen molar-refractivity contribution in [1.29, 1.82) is 0 Å². The summed E-state index contributed by atoms with van der Waals surface area (Å²) in [6, 6.07) is 2.74. The van der Waals surface area contributed by atoms with Gasteiger partial charge in [0.25, 0.3) is 0 Å². The van der Waals surface area contributed by atoms with E-state index in [1.807, 2.05) is 0 Å². The van der Waals surface area contributed by atoms with Gasteiger partial charge in [-0.3, -0.25) is 0 Å². The third-order valence-electron chi connectivity index (χ3n) is 1.77. The largest absolute Gasteiger partial charge is 0.316 e. The summed E-state index contributed by atoms with van der Waals surface area (Å²) < 4.78 is 22.3. The summed E-state index contributed by atoms with van der Waals surface area (Å²) in [6.07, 6.45) is 0. The van der Waals surface area contributed by atoms with Crippen LogP contribution in [0.25, 0.3) is 0 Å². The van der Waals surface area contributed by atoms with Crippen molar-refractivity contribution >= 4 is 33.2 Å². The van der Waals surface area contributed by atoms with Gasteiger partial charge >= 0.3 is 0 Å². The van der Waals surface area contributed by atoms with Crippen LogP contribution in [0.2, 0.25) is 10.0 Å². The minimum atomic E-state index is -3.81. The lowest BCUT2D eigenvalue weighted by Gasteiger charge is -2.07. The molecule has 1 rings (SSSR count). The van der Waals surface area contributed by atoms with E-state index in [1.54, 1.807) is 7.05 Å². The number of rotatable bonds is 3. The number of hydrogen-bond donors (Lipinski definition) is 2. The van der Waals surface area contributed by atoms with Crippen molar-refractivity contribution in [3.8, 4) is 0 Å². The molecule has 3 N–H and O–H groups in total. The van der Waals surface area contributed by atoms with E-state index in [0.29, 0.717) is 17.1 Å². The Balaban J connectivity index is 3.36. The summed E-state index contributed by atoms with van der Waals surface area (Å²) in [5.41, 5.74) is 0.632. The molecule has 0 heterocycles. The standard InChI is InChI=1S/C8H10Cl2N2O2S/c1-12-4-5-2-8(15(11,13)14)7(10)3-6(5)9/h2-3,12H,4H2,1H3,(H2,11,13,14). The van der Waals surface area contributed by atoms with Crippen LogP contribution in [0.5, 0.6) is 0 Å². The van der Waals surface area contributed by atoms with Crippen LogP contribution in [-0.4, -0.2) is 15.5 Å². The molecule has 0 radical (unpaired) electrons. The van der Waals surface area contributed by atoms with Crippen molar-refractivity contribution in [3.63, 3.8) is 0 Å². The Morgan fingerprint density at radius 3 is 2.40 bits per heavy atom. The molecule has 7 heteroatoms. The molecule has 0 aliphatic carbocycles. The van der Waals surface area contributed by atoms with Gasteiger partial charge in [-0.05, 0) is 24.7 Å². The van der Waals surface area contributed by atoms with Gasteiger partial charge in [-0.2, -0.15) is 0 Å². The van der Waals surface area contributed by atoms with Gasteiger partial charge in [0.15, 0.2) is 0 Å². The van der Waals surface area contributed by atoms with Crippen LogP contribution in [0.15, 0.2) is 17.0 Å². The number of nitrogens with two attached hydrogens (primary N) is 1. The van der Waals surface area contributed by atoms with Crippen molar-refractivity contribution in [2.75, 3.05) is 7.05 Å². The van der Waals surface area contributed by atoms with Crippen LogP contribution in [0.1, 0.15) is 5.56 Å². The number of sulfonamides is 1. The first-order valence-electron chi connectivity index (χ1n) is 4.01. The first-order valence-corrected chi connectivity index (χ1v) is 6.32. The van der Waals surface area contributed by atoms with Crippen LogP contribution in [0, 0.1) is 0 Å². The Bertz CT molecular complexity index is 474. The van der Waals surface area contributed by atoms with E-state index < -0.39 is 10.0 Å². The van der Waals surface area contributed by atoms with Crippen LogP contribution in [-0.2, 0) is 16.6 Å². The predicted molar refractivity (Wildman–Crippen MR) is 60.6 cm³/mol. The number of primary sulfonamides is 1. The van der Waals surface area contributed by atoms with Gasteiger partial charge in [-0.25, -0.2) is 13.6 Å². The van der Waals surface area contributed by atoms with E-state index in [9.17, 15) is 8.42 Å². The fraction of sp³-hybridized carbons (Fsp3) is 0.250. The normalized spacial score (nSPS) is 11.7. The molecule has 1 aromatic carbocycles. The smallest absolute Gasteiger partial charge is 0.239 e. The van der Waals surface area contributed by atoms with Crippen LogP contribution in [0.4, 0.5) is 0 Å². The zero-order chi connectivity index (χ0) is 11.6. The second-order valence-electron chi connectivity index (χ2n) is 2.95. The Hall–Kier alpha value is -0.330. The summed E-state index contributed by atoms with van der Waals surface area (Å²) in [4.78, 5) is -0.112. The highest BCUT2D eigenvalue weighted by atomic mass is 35.5. The van der Waals surface area contributed by atoms with E-state index >= 15 is 0 Å².